The predicted molar refractivity (Wildman–Crippen MR) is 214 cm³/mol. The van der Waals surface area contributed by atoms with Gasteiger partial charge in [-0.25, -0.2) is 0 Å². The molecule has 0 radical (unpaired) electrons. The van der Waals surface area contributed by atoms with Crippen LogP contribution >= 0.6 is 0 Å². The second kappa shape index (κ2) is 14.2. The number of nitrogens with zero attached hydrogens (tertiary/aromatic N) is 1. The van der Waals surface area contributed by atoms with Gasteiger partial charge in [-0.15, -0.1) is 0 Å². The molecule has 0 saturated carbocycles. The number of carbonyl (C=O) groups is 2. The summed E-state index contributed by atoms with van der Waals surface area (Å²) < 4.78 is 4.76. The molecule has 0 spiro atoms. The number of aliphatic hydroxyl groups excluding tert-OH is 2. The fraction of sp³-hybridized carbons (Fsp3) is 0.227. The van der Waals surface area contributed by atoms with Gasteiger partial charge in [0.25, 0.3) is 5.75 Å². The molecule has 0 atom stereocenters. The zero-order chi connectivity index (χ0) is 39.3. The van der Waals surface area contributed by atoms with E-state index in [4.69, 9.17) is 4.74 Å². The van der Waals surface area contributed by atoms with Crippen LogP contribution in [0.5, 0.6) is 23.0 Å². The van der Waals surface area contributed by atoms with Gasteiger partial charge in [0.05, 0.1) is 22.3 Å². The quantitative estimate of drug-likeness (QED) is 0.0591. The first kappa shape index (κ1) is 37.3. The molecule has 0 amide bonds. The van der Waals surface area contributed by atoms with Gasteiger partial charge in [0.2, 0.25) is 11.6 Å². The van der Waals surface area contributed by atoms with Crippen LogP contribution < -0.4 is 10.2 Å². The minimum absolute atomic E-state index is 0.0329. The Morgan fingerprint density at radius 1 is 0.667 bits per heavy atom. The van der Waals surface area contributed by atoms with E-state index in [-0.39, 0.29) is 51.6 Å². The zero-order valence-electron chi connectivity index (χ0n) is 31.5. The van der Waals surface area contributed by atoms with Crippen molar-refractivity contribution in [1.29, 1.82) is 0 Å². The highest BCUT2D eigenvalue weighted by molar-refractivity contribution is 6.35. The molecule has 54 heavy (non-hydrogen) atoms. The van der Waals surface area contributed by atoms with Crippen LogP contribution in [0.3, 0.4) is 0 Å². The second-order valence-corrected chi connectivity index (χ2v) is 14.3. The molecule has 0 saturated heterocycles. The van der Waals surface area contributed by atoms with Gasteiger partial charge in [-0.1, -0.05) is 33.8 Å². The van der Waals surface area contributed by atoms with E-state index < -0.39 is 17.3 Å². The number of nitrogens with one attached hydrogen (secondary N) is 1. The highest BCUT2D eigenvalue weighted by Gasteiger charge is 2.40. The predicted octanol–water partition coefficient (Wildman–Crippen LogP) is 8.90. The van der Waals surface area contributed by atoms with Crippen LogP contribution in [-0.2, 0) is 9.59 Å². The van der Waals surface area contributed by atoms with E-state index in [2.05, 4.69) is 5.32 Å². The number of carbonyl (C=O) groups excluding carboxylic acids is 2. The van der Waals surface area contributed by atoms with Crippen molar-refractivity contribution in [2.75, 3.05) is 24.4 Å². The molecule has 0 aliphatic heterocycles. The number of hydrogen-bond acceptors (Lipinski definition) is 9. The van der Waals surface area contributed by atoms with E-state index in [1.165, 1.54) is 18.3 Å². The summed E-state index contributed by atoms with van der Waals surface area (Å²) in [7, 11) is 3.37. The number of benzene rings is 4. The molecule has 6 rings (SSSR count). The molecule has 0 fully saturated rings. The first-order valence-corrected chi connectivity index (χ1v) is 17.7. The molecule has 4 aromatic rings. The van der Waals surface area contributed by atoms with E-state index in [1.807, 2.05) is 53.7 Å². The number of rotatable bonds is 8. The topological polar surface area (TPSA) is 163 Å². The van der Waals surface area contributed by atoms with Crippen molar-refractivity contribution in [2.24, 2.45) is 11.8 Å². The molecule has 0 heterocycles. The number of allylic oxidation sites excluding steroid dienone is 4. The van der Waals surface area contributed by atoms with Gasteiger partial charge >= 0.3 is 0 Å². The number of aryl methyl sites for hydroxylation is 2. The first-order chi connectivity index (χ1) is 25.6. The summed E-state index contributed by atoms with van der Waals surface area (Å²) in [6.45, 7) is 11.2. The van der Waals surface area contributed by atoms with Crippen molar-refractivity contribution in [3.05, 3.63) is 118 Å². The van der Waals surface area contributed by atoms with Crippen LogP contribution in [0.2, 0.25) is 0 Å². The lowest BCUT2D eigenvalue weighted by molar-refractivity contribution is -0.113. The zero-order valence-corrected chi connectivity index (χ0v) is 31.5. The third kappa shape index (κ3) is 6.23. The van der Waals surface area contributed by atoms with Gasteiger partial charge in [-0.05, 0) is 103 Å². The van der Waals surface area contributed by atoms with E-state index in [9.17, 15) is 35.1 Å². The van der Waals surface area contributed by atoms with Gasteiger partial charge in [0.15, 0.2) is 18.6 Å². The Morgan fingerprint density at radius 3 is 1.67 bits per heavy atom. The average Bonchev–Trinajstić information content (AvgIpc) is 3.11. The Kier molecular flexibility index (Phi) is 9.81. The molecule has 0 bridgehead atoms. The van der Waals surface area contributed by atoms with E-state index in [0.717, 1.165) is 0 Å². The smallest absolute Gasteiger partial charge is 0.271 e. The monoisotopic (exact) mass is 729 g/mol. The van der Waals surface area contributed by atoms with Crippen LogP contribution in [-0.4, -0.2) is 56.0 Å². The largest absolute Gasteiger partial charge is 0.584 e. The summed E-state index contributed by atoms with van der Waals surface area (Å²) in [5.41, 5.74) is 6.46. The normalized spacial score (nSPS) is 15.7. The first-order valence-electron chi connectivity index (χ1n) is 17.7. The molecule has 0 unspecified atom stereocenters. The molecule has 0 aromatic heterocycles. The fourth-order valence-electron chi connectivity index (χ4n) is 7.51. The third-order valence-electron chi connectivity index (χ3n) is 10.0. The van der Waals surface area contributed by atoms with Crippen molar-refractivity contribution in [1.82, 2.24) is 0 Å². The molecule has 7 N–H and O–H groups in total. The molecule has 2 aliphatic carbocycles. The Labute approximate surface area is 314 Å². The lowest BCUT2D eigenvalue weighted by atomic mass is 9.75. The summed E-state index contributed by atoms with van der Waals surface area (Å²) in [5, 5.41) is 57.8. The third-order valence-corrected chi connectivity index (χ3v) is 10.0. The molecule has 10 heteroatoms. The number of ether oxygens (including phenoxy) is 1. The van der Waals surface area contributed by atoms with Crippen LogP contribution in [0.15, 0.2) is 84.6 Å². The molecule has 4 aromatic carbocycles. The highest BCUT2D eigenvalue weighted by atomic mass is 16.5. The Balaban J connectivity index is 1.66. The van der Waals surface area contributed by atoms with E-state index >= 15 is 0 Å². The van der Waals surface area contributed by atoms with Gasteiger partial charge in [-0.3, -0.25) is 9.59 Å². The summed E-state index contributed by atoms with van der Waals surface area (Å²) in [6, 6.07) is 16.5. The van der Waals surface area contributed by atoms with Gasteiger partial charge in [0, 0.05) is 53.1 Å². The summed E-state index contributed by atoms with van der Waals surface area (Å²) in [5.74, 6) is -2.14. The maximum atomic E-state index is 14.1. The molecule has 2 aliphatic rings. The Morgan fingerprint density at radius 2 is 1.15 bits per heavy atom. The summed E-state index contributed by atoms with van der Waals surface area (Å²) in [4.78, 5) is 29.8. The standard InChI is InChI=1S/C44H44N2O8/c1-21(2)33-29-17-23(5)35(41(51)37(29)31(39(49)42(33)52)19-45-25-9-13-27(47)14-10-25)36-24(6)18-30-34(22(3)4)43(53)40(50)32(38(30)44(36)54-8)20-46(7)26-11-15-28(48)16-12-26/h9-22,45,47-48,51-53H,1-8H3/p+1/b31-19-,32-20+. The molecular weight excluding hydrogens is 684 g/mol. The van der Waals surface area contributed by atoms with Gasteiger partial charge < -0.3 is 40.5 Å². The number of aromatic hydroxyl groups is 4. The van der Waals surface area contributed by atoms with E-state index in [1.54, 1.807) is 61.7 Å². The lowest BCUT2D eigenvalue weighted by Gasteiger charge is -2.29. The molecule has 10 nitrogen and oxygen atoms in total. The summed E-state index contributed by atoms with van der Waals surface area (Å²) >= 11 is 0. The summed E-state index contributed by atoms with van der Waals surface area (Å²) in [6.07, 6.45) is 3.07. The second-order valence-electron chi connectivity index (χ2n) is 14.3. The number of Topliss-reactive ketones (excluding diaryl/α,β-unsaturated/α-hetero) is 2. The van der Waals surface area contributed by atoms with Crippen molar-refractivity contribution in [3.63, 3.8) is 0 Å². The highest BCUT2D eigenvalue weighted by Crippen LogP contribution is 2.54. The number of anilines is 2. The van der Waals surface area contributed by atoms with Crippen molar-refractivity contribution >= 4 is 45.2 Å². The van der Waals surface area contributed by atoms with E-state index in [0.29, 0.717) is 67.2 Å². The average molecular weight is 730 g/mol. The van der Waals surface area contributed by atoms with Crippen LogP contribution in [0.4, 0.5) is 11.4 Å². The van der Waals surface area contributed by atoms with Gasteiger partial charge in [-0.2, -0.15) is 0 Å². The Bertz CT molecular complexity index is 2340. The van der Waals surface area contributed by atoms with Crippen LogP contribution in [0.25, 0.3) is 33.4 Å². The maximum absolute atomic E-state index is 14.1. The molecular formula is C44H45N2O8+. The number of fused-ring (bicyclic) bond motifs is 2. The molecule has 278 valence electrons. The van der Waals surface area contributed by atoms with Crippen molar-refractivity contribution < 1.29 is 39.9 Å². The number of ketones is 2. The SMILES string of the molecule is C[OH+]c1c2c(cc(C)c1-c1c(C)cc3c(c1O)/C(=C/Nc1ccc(O)cc1)C(=O)C(O)=C3C(C)C)C(C(C)C)=C(O)C(=O)/C2=C/N(C)c1ccc(O)cc1. The van der Waals surface area contributed by atoms with Gasteiger partial charge in [0.1, 0.15) is 17.2 Å². The van der Waals surface area contributed by atoms with Crippen molar-refractivity contribution in [3.8, 4) is 34.1 Å². The maximum Gasteiger partial charge on any atom is 0.271 e. The lowest BCUT2D eigenvalue weighted by Crippen LogP contribution is -2.21. The minimum Gasteiger partial charge on any atom is -0.584 e. The van der Waals surface area contributed by atoms with Crippen LogP contribution in [0.1, 0.15) is 61.1 Å². The Hall–Kier alpha value is -6.42. The minimum atomic E-state index is -0.666. The number of aliphatic hydroxyl groups is 3. The number of hydrogen-bond donors (Lipinski definition) is 6. The number of phenols is 3. The van der Waals surface area contributed by atoms with Crippen LogP contribution in [0, 0.1) is 25.7 Å². The number of phenolic OH excluding ortho intramolecular Hbond substituents is 3. The fourth-order valence-corrected chi connectivity index (χ4v) is 7.51. The van der Waals surface area contributed by atoms with Crippen molar-refractivity contribution in [2.45, 2.75) is 41.5 Å².